The van der Waals surface area contributed by atoms with Crippen molar-refractivity contribution in [2.75, 3.05) is 19.6 Å². The van der Waals surface area contributed by atoms with Crippen LogP contribution < -0.4 is 0 Å². The van der Waals surface area contributed by atoms with Crippen LogP contribution in [0.2, 0.25) is 0 Å². The third-order valence-corrected chi connectivity index (χ3v) is 11.0. The first-order valence-electron chi connectivity index (χ1n) is 20.6. The van der Waals surface area contributed by atoms with E-state index < -0.39 is 0 Å². The Kier molecular flexibility index (Phi) is 14.4. The molecule has 2 N–H and O–H groups in total. The average Bonchev–Trinajstić information content (AvgIpc) is 3.72. The molecule has 7 nitrogen and oxygen atoms in total. The molecule has 1 aromatic heterocycles. The quantitative estimate of drug-likeness (QED) is 0.120. The highest BCUT2D eigenvalue weighted by atomic mass is 16.3. The number of imidazole rings is 1. The van der Waals surface area contributed by atoms with Crippen LogP contribution in [0.3, 0.4) is 0 Å². The van der Waals surface area contributed by atoms with Crippen molar-refractivity contribution in [3.8, 4) is 11.5 Å². The molecule has 2 atom stereocenters. The average molecular weight is 740 g/mol. The van der Waals surface area contributed by atoms with E-state index in [4.69, 9.17) is 9.98 Å². The van der Waals surface area contributed by atoms with E-state index in [1.165, 1.54) is 62.5 Å². The predicted octanol–water partition coefficient (Wildman–Crippen LogP) is 10.9. The Morgan fingerprint density at radius 3 is 1.37 bits per heavy atom. The maximum atomic E-state index is 11.5. The first-order chi connectivity index (χ1) is 25.1. The van der Waals surface area contributed by atoms with E-state index in [0.29, 0.717) is 11.5 Å². The maximum absolute atomic E-state index is 11.5. The van der Waals surface area contributed by atoms with Crippen molar-refractivity contribution >= 4 is 12.4 Å². The summed E-state index contributed by atoms with van der Waals surface area (Å²) >= 11 is 0. The zero-order chi connectivity index (χ0) is 39.9. The molecule has 4 rings (SSSR count). The van der Waals surface area contributed by atoms with Crippen LogP contribution in [-0.4, -0.2) is 68.8 Å². The number of aromatic hydroxyl groups is 2. The lowest BCUT2D eigenvalue weighted by molar-refractivity contribution is 0.321. The molecule has 0 bridgehead atoms. The minimum atomic E-state index is -0.207. The van der Waals surface area contributed by atoms with Crippen molar-refractivity contribution in [1.29, 1.82) is 0 Å². The largest absolute Gasteiger partial charge is 0.507 e. The molecule has 0 saturated carbocycles. The van der Waals surface area contributed by atoms with Crippen molar-refractivity contribution in [1.82, 2.24) is 14.5 Å². The van der Waals surface area contributed by atoms with Crippen LogP contribution in [0.4, 0.5) is 0 Å². The SMILES string of the molecule is CC(C)(C)c1cc(C=N[C@H]2CN(CCCCCCCCCCn3ccnc3)C[C@@H]2N=Cc2cc(C(C)(C)C)cc(C(C)(C)C)c2O)c(O)c(C(C)(C)C)c1. The summed E-state index contributed by atoms with van der Waals surface area (Å²) in [7, 11) is 0. The van der Waals surface area contributed by atoms with Gasteiger partial charge in [-0.1, -0.05) is 134 Å². The minimum Gasteiger partial charge on any atom is -0.507 e. The number of benzene rings is 2. The number of unbranched alkanes of at least 4 members (excludes halogenated alkanes) is 7. The third-order valence-electron chi connectivity index (χ3n) is 11.0. The number of aromatic nitrogens is 2. The lowest BCUT2D eigenvalue weighted by atomic mass is 9.79. The molecule has 0 radical (unpaired) electrons. The van der Waals surface area contributed by atoms with Gasteiger partial charge in [0.05, 0.1) is 18.4 Å². The van der Waals surface area contributed by atoms with Crippen LogP contribution >= 0.6 is 0 Å². The predicted molar refractivity (Wildman–Crippen MR) is 229 cm³/mol. The topological polar surface area (TPSA) is 86.2 Å². The number of phenols is 2. The molecule has 54 heavy (non-hydrogen) atoms. The maximum Gasteiger partial charge on any atom is 0.128 e. The molecule has 2 heterocycles. The fourth-order valence-corrected chi connectivity index (χ4v) is 7.30. The third kappa shape index (κ3) is 12.3. The Morgan fingerprint density at radius 2 is 1.00 bits per heavy atom. The van der Waals surface area contributed by atoms with Gasteiger partial charge in [0.25, 0.3) is 0 Å². The standard InChI is InChI=1S/C47H73N5O2/c1-44(2,3)36-25-34(42(53)38(27-36)46(7,8)9)29-49-40-31-52(23-20-18-16-14-13-15-17-19-22-51-24-21-48-33-51)32-41(40)50-30-35-26-37(45(4,5)6)28-39(43(35)54)47(10,11)12/h21,24-30,33,40-41,53-54H,13-20,22-23,31-32H2,1-12H3/t40-,41-/m0/s1. The molecule has 0 spiro atoms. The highest BCUT2D eigenvalue weighted by Gasteiger charge is 2.32. The van der Waals surface area contributed by atoms with Crippen LogP contribution in [0.1, 0.15) is 168 Å². The molecule has 0 unspecified atom stereocenters. The van der Waals surface area contributed by atoms with Gasteiger partial charge in [0, 0.05) is 66.7 Å². The molecule has 1 aliphatic heterocycles. The number of hydrogen-bond donors (Lipinski definition) is 2. The first-order valence-corrected chi connectivity index (χ1v) is 20.6. The van der Waals surface area contributed by atoms with Gasteiger partial charge in [-0.3, -0.25) is 14.9 Å². The van der Waals surface area contributed by atoms with E-state index in [2.05, 4.69) is 122 Å². The fraction of sp³-hybridized carbons (Fsp3) is 0.638. The Morgan fingerprint density at radius 1 is 0.593 bits per heavy atom. The van der Waals surface area contributed by atoms with Crippen molar-refractivity contribution in [2.24, 2.45) is 9.98 Å². The number of rotatable bonds is 15. The molecule has 3 aromatic rings. The molecule has 1 saturated heterocycles. The number of aliphatic imine (C=N–C) groups is 2. The highest BCUT2D eigenvalue weighted by Crippen LogP contribution is 2.39. The normalized spacial score (nSPS) is 17.8. The van der Waals surface area contributed by atoms with E-state index in [-0.39, 0.29) is 33.7 Å². The van der Waals surface area contributed by atoms with E-state index in [1.807, 2.05) is 31.2 Å². The van der Waals surface area contributed by atoms with Gasteiger partial charge < -0.3 is 14.8 Å². The second kappa shape index (κ2) is 18.0. The van der Waals surface area contributed by atoms with Gasteiger partial charge in [0.2, 0.25) is 0 Å². The molecular formula is C47H73N5O2. The zero-order valence-corrected chi connectivity index (χ0v) is 36.0. The minimum absolute atomic E-state index is 0.0608. The Hall–Kier alpha value is -3.45. The number of likely N-dealkylation sites (tertiary alicyclic amines) is 1. The van der Waals surface area contributed by atoms with Gasteiger partial charge in [-0.25, -0.2) is 4.98 Å². The second-order valence-electron chi connectivity index (χ2n) is 20.0. The number of hydrogen-bond acceptors (Lipinski definition) is 6. The monoisotopic (exact) mass is 740 g/mol. The van der Waals surface area contributed by atoms with Crippen molar-refractivity contribution in [2.45, 2.75) is 175 Å². The number of phenolic OH excluding ortho intramolecular Hbond substituents is 2. The van der Waals surface area contributed by atoms with Crippen molar-refractivity contribution in [3.63, 3.8) is 0 Å². The molecule has 7 heteroatoms. The van der Waals surface area contributed by atoms with Gasteiger partial charge in [0.15, 0.2) is 0 Å². The smallest absolute Gasteiger partial charge is 0.128 e. The first kappa shape index (κ1) is 43.3. The molecule has 0 amide bonds. The van der Waals surface area contributed by atoms with Crippen LogP contribution in [0, 0.1) is 0 Å². The van der Waals surface area contributed by atoms with Crippen LogP contribution in [0.25, 0.3) is 0 Å². The molecule has 1 aliphatic rings. The Bertz CT molecular complexity index is 1590. The summed E-state index contributed by atoms with van der Waals surface area (Å²) in [6.45, 7) is 29.9. The molecule has 298 valence electrons. The van der Waals surface area contributed by atoms with Gasteiger partial charge in [0.1, 0.15) is 11.5 Å². The van der Waals surface area contributed by atoms with Gasteiger partial charge in [-0.15, -0.1) is 0 Å². The summed E-state index contributed by atoms with van der Waals surface area (Å²) in [5, 5.41) is 23.0. The Labute approximate surface area is 328 Å². The summed E-state index contributed by atoms with van der Waals surface area (Å²) in [6.07, 6.45) is 19.7. The van der Waals surface area contributed by atoms with E-state index in [9.17, 15) is 10.2 Å². The van der Waals surface area contributed by atoms with Crippen LogP contribution in [-0.2, 0) is 28.2 Å². The Balaban J connectivity index is 1.50. The van der Waals surface area contributed by atoms with Crippen LogP contribution in [0.5, 0.6) is 11.5 Å². The highest BCUT2D eigenvalue weighted by molar-refractivity contribution is 5.86. The molecule has 2 aromatic carbocycles. The summed E-state index contributed by atoms with van der Waals surface area (Å²) in [5.74, 6) is 0.622. The van der Waals surface area contributed by atoms with E-state index in [0.717, 1.165) is 48.4 Å². The lowest BCUT2D eigenvalue weighted by Gasteiger charge is -2.27. The lowest BCUT2D eigenvalue weighted by Crippen LogP contribution is -2.23. The summed E-state index contributed by atoms with van der Waals surface area (Å²) in [5.41, 5.74) is 5.24. The molecular weight excluding hydrogens is 667 g/mol. The van der Waals surface area contributed by atoms with Gasteiger partial charge in [-0.2, -0.15) is 0 Å². The second-order valence-corrected chi connectivity index (χ2v) is 20.0. The summed E-state index contributed by atoms with van der Waals surface area (Å²) < 4.78 is 2.17. The van der Waals surface area contributed by atoms with Crippen molar-refractivity contribution in [3.05, 3.63) is 76.4 Å². The summed E-state index contributed by atoms with van der Waals surface area (Å²) in [4.78, 5) is 17.0. The van der Waals surface area contributed by atoms with E-state index in [1.54, 1.807) is 0 Å². The van der Waals surface area contributed by atoms with Gasteiger partial charge in [-0.05, 0) is 64.3 Å². The number of nitrogens with zero attached hydrogens (tertiary/aromatic N) is 5. The zero-order valence-electron chi connectivity index (χ0n) is 36.0. The van der Waals surface area contributed by atoms with Crippen molar-refractivity contribution < 1.29 is 10.2 Å². The van der Waals surface area contributed by atoms with E-state index >= 15 is 0 Å². The molecule has 0 aliphatic carbocycles. The number of aryl methyl sites for hydroxylation is 1. The van der Waals surface area contributed by atoms with Gasteiger partial charge >= 0.3 is 0 Å². The summed E-state index contributed by atoms with van der Waals surface area (Å²) in [6, 6.07) is 8.39. The molecule has 1 fully saturated rings. The van der Waals surface area contributed by atoms with Crippen LogP contribution in [0.15, 0.2) is 53.0 Å². The fourth-order valence-electron chi connectivity index (χ4n) is 7.30.